The molecule has 0 amide bonds. The molecule has 0 spiro atoms. The van der Waals surface area contributed by atoms with Gasteiger partial charge in [-0.1, -0.05) is 51.9 Å². The molecule has 0 atom stereocenters. The van der Waals surface area contributed by atoms with Crippen molar-refractivity contribution >= 4 is 50.9 Å². The lowest BCUT2D eigenvalue weighted by Crippen LogP contribution is -1.97. The Hall–Kier alpha value is 1.32. The first-order chi connectivity index (χ1) is 5.41. The van der Waals surface area contributed by atoms with Crippen molar-refractivity contribution < 1.29 is 0 Å². The average Bonchev–Trinajstić information content (AvgIpc) is 2.03. The molecule has 0 aliphatic heterocycles. The van der Waals surface area contributed by atoms with Crippen LogP contribution in [-0.4, -0.2) is 6.54 Å². The molecule has 3 nitrogen and oxygen atoms in total. The van der Waals surface area contributed by atoms with Crippen LogP contribution in [0.15, 0.2) is 0 Å². The maximum absolute atomic E-state index is 5.39. The quantitative estimate of drug-likeness (QED) is 0.462. The Morgan fingerprint density at radius 2 is 0.938 bits per heavy atom. The Labute approximate surface area is 133 Å². The highest BCUT2D eigenvalue weighted by atomic mass is 79.9. The van der Waals surface area contributed by atoms with E-state index in [-0.39, 0.29) is 63.2 Å². The highest BCUT2D eigenvalue weighted by molar-refractivity contribution is 8.93. The molecule has 8 N–H and O–H groups in total. The molecule has 0 heterocycles. The highest BCUT2D eigenvalue weighted by Gasteiger charge is 1.89. The topological polar surface area (TPSA) is 96.0 Å². The van der Waals surface area contributed by atoms with Gasteiger partial charge in [0.2, 0.25) is 0 Å². The maximum Gasteiger partial charge on any atom is -0.00773 e. The van der Waals surface area contributed by atoms with Gasteiger partial charge in [0.1, 0.15) is 0 Å². The summed E-state index contributed by atoms with van der Waals surface area (Å²) < 4.78 is 0. The van der Waals surface area contributed by atoms with Crippen molar-refractivity contribution in [1.82, 2.24) is 12.3 Å². The summed E-state index contributed by atoms with van der Waals surface area (Å²) >= 11 is 0. The van der Waals surface area contributed by atoms with Crippen LogP contribution in [0.25, 0.3) is 0 Å². The van der Waals surface area contributed by atoms with Gasteiger partial charge in [-0.2, -0.15) is 0 Å². The standard InChI is InChI=1S/C10H23N.3BrH.2H3N/c1-2-3-4-5-6-7-8-9-10-11;;;;;/h2-11H2,1H3;3*1H;2*1H3. The van der Waals surface area contributed by atoms with Crippen LogP contribution in [0.1, 0.15) is 58.3 Å². The third kappa shape index (κ3) is 36.2. The van der Waals surface area contributed by atoms with Crippen LogP contribution in [0.3, 0.4) is 0 Å². The van der Waals surface area contributed by atoms with E-state index in [0.717, 1.165) is 6.54 Å². The number of halogens is 3. The van der Waals surface area contributed by atoms with Crippen molar-refractivity contribution in [2.24, 2.45) is 5.73 Å². The molecule has 0 aromatic carbocycles. The third-order valence-electron chi connectivity index (χ3n) is 2.06. The smallest absolute Gasteiger partial charge is 0.00773 e. The zero-order valence-electron chi connectivity index (χ0n) is 10.6. The van der Waals surface area contributed by atoms with Crippen LogP contribution in [0.2, 0.25) is 0 Å². The summed E-state index contributed by atoms with van der Waals surface area (Å²) in [5.74, 6) is 0. The number of rotatable bonds is 8. The van der Waals surface area contributed by atoms with Crippen molar-refractivity contribution in [3.63, 3.8) is 0 Å². The zero-order chi connectivity index (χ0) is 8.36. The molecule has 0 unspecified atom stereocenters. The molecule has 0 fully saturated rings. The first-order valence-corrected chi connectivity index (χ1v) is 5.12. The molecule has 0 aliphatic carbocycles. The van der Waals surface area contributed by atoms with E-state index in [4.69, 9.17) is 5.73 Å². The second-order valence-corrected chi connectivity index (χ2v) is 3.26. The third-order valence-corrected chi connectivity index (χ3v) is 2.06. The molecule has 0 aliphatic rings. The van der Waals surface area contributed by atoms with E-state index in [1.165, 1.54) is 51.4 Å². The normalized spacial score (nSPS) is 7.12. The Kier molecular flexibility index (Phi) is 80.9. The van der Waals surface area contributed by atoms with Crippen LogP contribution < -0.4 is 18.0 Å². The SMILES string of the molecule is Br.Br.Br.CCCCCCCCCCN.N.N. The van der Waals surface area contributed by atoms with Crippen molar-refractivity contribution in [2.75, 3.05) is 6.54 Å². The summed E-state index contributed by atoms with van der Waals surface area (Å²) in [4.78, 5) is 0. The monoisotopic (exact) mass is 431 g/mol. The van der Waals surface area contributed by atoms with E-state index in [0.29, 0.717) is 0 Å². The molecule has 0 aromatic heterocycles. The van der Waals surface area contributed by atoms with Crippen molar-refractivity contribution in [1.29, 1.82) is 0 Å². The van der Waals surface area contributed by atoms with Crippen LogP contribution in [-0.2, 0) is 0 Å². The molecule has 0 saturated carbocycles. The Morgan fingerprint density at radius 3 is 1.25 bits per heavy atom. The predicted molar refractivity (Wildman–Crippen MR) is 92.7 cm³/mol. The fraction of sp³-hybridized carbons (Fsp3) is 1.00. The second-order valence-electron chi connectivity index (χ2n) is 3.26. The minimum absolute atomic E-state index is 0. The lowest BCUT2D eigenvalue weighted by molar-refractivity contribution is 0.578. The Bertz CT molecular complexity index is 70.3. The summed E-state index contributed by atoms with van der Waals surface area (Å²) in [7, 11) is 0. The molecule has 0 saturated heterocycles. The summed E-state index contributed by atoms with van der Waals surface area (Å²) in [5.41, 5.74) is 5.39. The minimum Gasteiger partial charge on any atom is -0.344 e. The molecule has 0 aromatic rings. The molecule has 0 bridgehead atoms. The molecular formula is C10H32Br3N3. The van der Waals surface area contributed by atoms with Gasteiger partial charge in [-0.05, 0) is 13.0 Å². The van der Waals surface area contributed by atoms with E-state index < -0.39 is 0 Å². The lowest BCUT2D eigenvalue weighted by Gasteiger charge is -1.99. The van der Waals surface area contributed by atoms with Gasteiger partial charge < -0.3 is 18.0 Å². The number of nitrogens with two attached hydrogens (primary N) is 1. The Morgan fingerprint density at radius 1 is 0.625 bits per heavy atom. The Balaban J connectivity index is -0.0000000500. The fourth-order valence-corrected chi connectivity index (χ4v) is 1.28. The van der Waals surface area contributed by atoms with Gasteiger partial charge >= 0.3 is 0 Å². The van der Waals surface area contributed by atoms with Crippen LogP contribution in [0, 0.1) is 0 Å². The van der Waals surface area contributed by atoms with Crippen LogP contribution >= 0.6 is 50.9 Å². The van der Waals surface area contributed by atoms with Gasteiger partial charge in [0.25, 0.3) is 0 Å². The van der Waals surface area contributed by atoms with Gasteiger partial charge in [-0.25, -0.2) is 0 Å². The largest absolute Gasteiger partial charge is 0.344 e. The second kappa shape index (κ2) is 36.0. The van der Waals surface area contributed by atoms with Gasteiger partial charge in [0.05, 0.1) is 0 Å². The van der Waals surface area contributed by atoms with Crippen molar-refractivity contribution in [3.8, 4) is 0 Å². The molecule has 0 rings (SSSR count). The number of hydrogen-bond donors (Lipinski definition) is 3. The summed E-state index contributed by atoms with van der Waals surface area (Å²) in [6, 6.07) is 0. The van der Waals surface area contributed by atoms with E-state index in [1.54, 1.807) is 0 Å². The van der Waals surface area contributed by atoms with Gasteiger partial charge in [0.15, 0.2) is 0 Å². The van der Waals surface area contributed by atoms with Crippen molar-refractivity contribution in [3.05, 3.63) is 0 Å². The van der Waals surface area contributed by atoms with E-state index in [9.17, 15) is 0 Å². The first kappa shape index (κ1) is 36.0. The first-order valence-electron chi connectivity index (χ1n) is 5.12. The minimum atomic E-state index is 0. The zero-order valence-corrected chi connectivity index (χ0v) is 15.7. The molecule has 6 heteroatoms. The molecular weight excluding hydrogens is 402 g/mol. The van der Waals surface area contributed by atoms with Gasteiger partial charge in [-0.3, -0.25) is 0 Å². The molecule has 0 radical (unpaired) electrons. The van der Waals surface area contributed by atoms with E-state index in [2.05, 4.69) is 6.92 Å². The van der Waals surface area contributed by atoms with E-state index in [1.807, 2.05) is 0 Å². The number of hydrogen-bond acceptors (Lipinski definition) is 3. The highest BCUT2D eigenvalue weighted by Crippen LogP contribution is 2.07. The predicted octanol–water partition coefficient (Wildman–Crippen LogP) is 5.14. The number of unbranched alkanes of at least 4 members (excludes halogenated alkanes) is 7. The van der Waals surface area contributed by atoms with Crippen LogP contribution in [0.4, 0.5) is 0 Å². The maximum atomic E-state index is 5.39. The molecule has 16 heavy (non-hydrogen) atoms. The van der Waals surface area contributed by atoms with Crippen molar-refractivity contribution in [2.45, 2.75) is 58.3 Å². The lowest BCUT2D eigenvalue weighted by atomic mass is 10.1. The molecule has 108 valence electrons. The van der Waals surface area contributed by atoms with Crippen LogP contribution in [0.5, 0.6) is 0 Å². The fourth-order valence-electron chi connectivity index (χ4n) is 1.28. The van der Waals surface area contributed by atoms with Gasteiger partial charge in [-0.15, -0.1) is 50.9 Å². The van der Waals surface area contributed by atoms with Gasteiger partial charge in [0, 0.05) is 0 Å². The van der Waals surface area contributed by atoms with E-state index >= 15 is 0 Å². The summed E-state index contributed by atoms with van der Waals surface area (Å²) in [6.45, 7) is 3.13. The average molecular weight is 434 g/mol. The summed E-state index contributed by atoms with van der Waals surface area (Å²) in [5, 5.41) is 0. The summed E-state index contributed by atoms with van der Waals surface area (Å²) in [6.07, 6.45) is 11.0.